The van der Waals surface area contributed by atoms with Gasteiger partial charge in [-0.05, 0) is 39.1 Å². The van der Waals surface area contributed by atoms with Crippen molar-refractivity contribution >= 4 is 11.9 Å². The first kappa shape index (κ1) is 18.3. The minimum absolute atomic E-state index is 0.0152. The van der Waals surface area contributed by atoms with Gasteiger partial charge < -0.3 is 20.7 Å². The van der Waals surface area contributed by atoms with E-state index in [1.165, 1.54) is 0 Å². The van der Waals surface area contributed by atoms with Gasteiger partial charge >= 0.3 is 0 Å². The van der Waals surface area contributed by atoms with Crippen LogP contribution in [0.1, 0.15) is 23.0 Å². The molecule has 0 unspecified atom stereocenters. The van der Waals surface area contributed by atoms with Crippen molar-refractivity contribution in [3.8, 4) is 11.3 Å². The van der Waals surface area contributed by atoms with Gasteiger partial charge in [0.25, 0.3) is 5.91 Å². The highest BCUT2D eigenvalue weighted by Crippen LogP contribution is 2.20. The molecular weight excluding hydrogens is 330 g/mol. The summed E-state index contributed by atoms with van der Waals surface area (Å²) in [7, 11) is 2.03. The maximum absolute atomic E-state index is 12.7. The van der Waals surface area contributed by atoms with E-state index in [1.54, 1.807) is 6.07 Å². The van der Waals surface area contributed by atoms with Gasteiger partial charge in [0.1, 0.15) is 0 Å². The number of likely N-dealkylation sites (N-methyl/N-ethyl adjacent to an activating group) is 1. The summed E-state index contributed by atoms with van der Waals surface area (Å²) in [6, 6.07) is 9.20. The number of nitrogens with one attached hydrogen (secondary N) is 1. The Bertz CT molecular complexity index is 775. The van der Waals surface area contributed by atoms with Crippen LogP contribution in [0, 0.1) is 6.92 Å². The van der Waals surface area contributed by atoms with E-state index in [0.717, 1.165) is 24.3 Å². The van der Waals surface area contributed by atoms with Crippen LogP contribution < -0.4 is 11.1 Å². The quantitative estimate of drug-likeness (QED) is 0.844. The zero-order chi connectivity index (χ0) is 18.7. The predicted molar refractivity (Wildman–Crippen MR) is 101 cm³/mol. The Labute approximate surface area is 153 Å². The molecule has 0 bridgehead atoms. The summed E-state index contributed by atoms with van der Waals surface area (Å²) < 4.78 is 5.75. The molecule has 0 aliphatic carbocycles. The highest BCUT2D eigenvalue weighted by Gasteiger charge is 2.32. The Morgan fingerprint density at radius 2 is 2.15 bits per heavy atom. The number of likely N-dealkylation sites (tertiary alicyclic amines) is 1. The first-order valence-electron chi connectivity index (χ1n) is 8.79. The number of benzene rings is 1. The Morgan fingerprint density at radius 1 is 1.35 bits per heavy atom. The van der Waals surface area contributed by atoms with E-state index in [9.17, 15) is 4.79 Å². The average molecular weight is 355 g/mol. The number of carbonyl (C=O) groups excluding carboxylic acids is 1. The number of carbonyl (C=O) groups is 1. The number of rotatable bonds is 5. The first-order valence-corrected chi connectivity index (χ1v) is 8.79. The molecule has 1 amide bonds. The molecule has 2 aromatic rings. The fourth-order valence-corrected chi connectivity index (χ4v) is 3.29. The first-order chi connectivity index (χ1) is 12.5. The SMILES string of the molecule is CCO[C@H]1CN(C)C[C@@H]1NC(=O)c1cccc(-c2cc(C)nc(N)n2)c1. The number of nitrogens with zero attached hydrogens (tertiary/aromatic N) is 3. The van der Waals surface area contributed by atoms with Crippen molar-refractivity contribution in [2.45, 2.75) is 26.0 Å². The van der Waals surface area contributed by atoms with E-state index in [4.69, 9.17) is 10.5 Å². The van der Waals surface area contributed by atoms with Crippen molar-refractivity contribution in [3.05, 3.63) is 41.6 Å². The van der Waals surface area contributed by atoms with Crippen molar-refractivity contribution < 1.29 is 9.53 Å². The molecule has 1 aliphatic heterocycles. The molecule has 7 heteroatoms. The second-order valence-corrected chi connectivity index (χ2v) is 6.63. The summed E-state index contributed by atoms with van der Waals surface area (Å²) >= 11 is 0. The van der Waals surface area contributed by atoms with Gasteiger partial charge in [0.05, 0.1) is 17.8 Å². The van der Waals surface area contributed by atoms with Gasteiger partial charge in [-0.1, -0.05) is 12.1 Å². The third kappa shape index (κ3) is 4.17. The van der Waals surface area contributed by atoms with Crippen LogP contribution in [0.5, 0.6) is 0 Å². The number of ether oxygens (including phenoxy) is 1. The van der Waals surface area contributed by atoms with Crippen molar-refractivity contribution in [3.63, 3.8) is 0 Å². The zero-order valence-electron chi connectivity index (χ0n) is 15.4. The second kappa shape index (κ2) is 7.80. The molecule has 1 saturated heterocycles. The maximum atomic E-state index is 12.7. The smallest absolute Gasteiger partial charge is 0.251 e. The maximum Gasteiger partial charge on any atom is 0.251 e. The summed E-state index contributed by atoms with van der Waals surface area (Å²) in [6.45, 7) is 6.06. The van der Waals surface area contributed by atoms with Crippen LogP contribution in [-0.4, -0.2) is 59.7 Å². The van der Waals surface area contributed by atoms with Crippen LogP contribution in [0.2, 0.25) is 0 Å². The summed E-state index contributed by atoms with van der Waals surface area (Å²) in [6.07, 6.45) is 0.0152. The third-order valence-corrected chi connectivity index (χ3v) is 4.44. The summed E-state index contributed by atoms with van der Waals surface area (Å²) in [5, 5.41) is 3.10. The topological polar surface area (TPSA) is 93.4 Å². The van der Waals surface area contributed by atoms with E-state index in [-0.39, 0.29) is 24.0 Å². The molecule has 1 aromatic carbocycles. The summed E-state index contributed by atoms with van der Waals surface area (Å²) in [5.74, 6) is 0.110. The molecule has 3 rings (SSSR count). The van der Waals surface area contributed by atoms with Crippen LogP contribution in [0.15, 0.2) is 30.3 Å². The molecule has 0 spiro atoms. The fraction of sp³-hybridized carbons (Fsp3) is 0.421. The molecule has 26 heavy (non-hydrogen) atoms. The number of hydrogen-bond donors (Lipinski definition) is 2. The van der Waals surface area contributed by atoms with E-state index >= 15 is 0 Å². The standard InChI is InChI=1S/C19H25N5O2/c1-4-26-17-11-24(3)10-16(17)22-18(25)14-7-5-6-13(9-14)15-8-12(2)21-19(20)23-15/h5-9,16-17H,4,10-11H2,1-3H3,(H,22,25)(H2,20,21,23)/t16-,17-/m0/s1. The second-order valence-electron chi connectivity index (χ2n) is 6.63. The van der Waals surface area contributed by atoms with Gasteiger partial charge in [0.15, 0.2) is 0 Å². The van der Waals surface area contributed by atoms with Crippen LogP contribution in [0.3, 0.4) is 0 Å². The largest absolute Gasteiger partial charge is 0.375 e. The Morgan fingerprint density at radius 3 is 2.88 bits per heavy atom. The lowest BCUT2D eigenvalue weighted by molar-refractivity contribution is 0.0513. The van der Waals surface area contributed by atoms with E-state index in [2.05, 4.69) is 20.2 Å². The van der Waals surface area contributed by atoms with Gasteiger partial charge in [-0.2, -0.15) is 0 Å². The number of hydrogen-bond acceptors (Lipinski definition) is 6. The highest BCUT2D eigenvalue weighted by atomic mass is 16.5. The molecule has 0 radical (unpaired) electrons. The van der Waals surface area contributed by atoms with E-state index in [0.29, 0.717) is 17.9 Å². The molecule has 3 N–H and O–H groups in total. The minimum atomic E-state index is -0.115. The van der Waals surface area contributed by atoms with Crippen LogP contribution in [0.25, 0.3) is 11.3 Å². The molecule has 1 fully saturated rings. The fourth-order valence-electron chi connectivity index (χ4n) is 3.29. The summed E-state index contributed by atoms with van der Waals surface area (Å²) in [5.41, 5.74) is 8.65. The molecule has 2 heterocycles. The van der Waals surface area contributed by atoms with Crippen molar-refractivity contribution in [2.24, 2.45) is 0 Å². The molecule has 0 saturated carbocycles. The van der Waals surface area contributed by atoms with Gasteiger partial charge in [0, 0.05) is 36.5 Å². The van der Waals surface area contributed by atoms with Gasteiger partial charge in [-0.15, -0.1) is 0 Å². The number of nitrogens with two attached hydrogens (primary N) is 1. The predicted octanol–water partition coefficient (Wildman–Crippen LogP) is 1.48. The average Bonchev–Trinajstić information content (AvgIpc) is 2.93. The lowest BCUT2D eigenvalue weighted by atomic mass is 10.1. The van der Waals surface area contributed by atoms with Crippen molar-refractivity contribution in [2.75, 3.05) is 32.5 Å². The zero-order valence-corrected chi connectivity index (χ0v) is 15.4. The minimum Gasteiger partial charge on any atom is -0.375 e. The van der Waals surface area contributed by atoms with Crippen molar-refractivity contribution in [1.82, 2.24) is 20.2 Å². The van der Waals surface area contributed by atoms with Crippen LogP contribution in [0.4, 0.5) is 5.95 Å². The van der Waals surface area contributed by atoms with Crippen LogP contribution >= 0.6 is 0 Å². The Kier molecular flexibility index (Phi) is 5.49. The van der Waals surface area contributed by atoms with Gasteiger partial charge in [-0.3, -0.25) is 4.79 Å². The van der Waals surface area contributed by atoms with Gasteiger partial charge in [0.2, 0.25) is 5.95 Å². The van der Waals surface area contributed by atoms with E-state index < -0.39 is 0 Å². The van der Waals surface area contributed by atoms with Gasteiger partial charge in [-0.25, -0.2) is 9.97 Å². The number of aromatic nitrogens is 2. The highest BCUT2D eigenvalue weighted by molar-refractivity contribution is 5.95. The molecular formula is C19H25N5O2. The molecule has 2 atom stereocenters. The monoisotopic (exact) mass is 355 g/mol. The molecule has 138 valence electrons. The van der Waals surface area contributed by atoms with Crippen LogP contribution in [-0.2, 0) is 4.74 Å². The number of nitrogen functional groups attached to an aromatic ring is 1. The Hall–Kier alpha value is -2.51. The third-order valence-electron chi connectivity index (χ3n) is 4.44. The molecule has 7 nitrogen and oxygen atoms in total. The number of aryl methyl sites for hydroxylation is 1. The molecule has 1 aromatic heterocycles. The Balaban J connectivity index is 1.78. The number of amides is 1. The normalized spacial score (nSPS) is 20.3. The lowest BCUT2D eigenvalue weighted by Gasteiger charge is -2.20. The van der Waals surface area contributed by atoms with E-state index in [1.807, 2.05) is 45.2 Å². The molecule has 1 aliphatic rings. The van der Waals surface area contributed by atoms with Crippen molar-refractivity contribution in [1.29, 1.82) is 0 Å². The summed E-state index contributed by atoms with van der Waals surface area (Å²) in [4.78, 5) is 23.2. The lowest BCUT2D eigenvalue weighted by Crippen LogP contribution is -2.44. The number of anilines is 1.